The van der Waals surface area contributed by atoms with E-state index < -0.39 is 0 Å². The van der Waals surface area contributed by atoms with E-state index in [1.165, 1.54) is 103 Å². The van der Waals surface area contributed by atoms with Crippen LogP contribution in [-0.2, 0) is 9.53 Å². The van der Waals surface area contributed by atoms with Crippen molar-refractivity contribution >= 4 is 5.97 Å². The second-order valence-electron chi connectivity index (χ2n) is 9.50. The van der Waals surface area contributed by atoms with Gasteiger partial charge in [-0.25, -0.2) is 0 Å². The van der Waals surface area contributed by atoms with E-state index in [1.807, 2.05) is 0 Å². The van der Waals surface area contributed by atoms with Gasteiger partial charge in [0, 0.05) is 0 Å². The molecule has 0 radical (unpaired) electrons. The second-order valence-corrected chi connectivity index (χ2v) is 9.50. The van der Waals surface area contributed by atoms with E-state index in [2.05, 4.69) is 27.7 Å². The molecule has 0 saturated carbocycles. The highest BCUT2D eigenvalue weighted by Crippen LogP contribution is 2.33. The van der Waals surface area contributed by atoms with Crippen molar-refractivity contribution in [2.45, 2.75) is 156 Å². The first-order valence-corrected chi connectivity index (χ1v) is 13.3. The monoisotopic (exact) mass is 410 g/mol. The van der Waals surface area contributed by atoms with Gasteiger partial charge < -0.3 is 4.74 Å². The van der Waals surface area contributed by atoms with Crippen LogP contribution in [0.4, 0.5) is 0 Å². The lowest BCUT2D eigenvalue weighted by molar-refractivity contribution is -0.156. The molecule has 0 fully saturated rings. The van der Waals surface area contributed by atoms with Crippen LogP contribution in [0.25, 0.3) is 0 Å². The highest BCUT2D eigenvalue weighted by Gasteiger charge is 2.33. The molecule has 0 heterocycles. The van der Waals surface area contributed by atoms with Crippen molar-refractivity contribution in [2.24, 2.45) is 5.41 Å². The quantitative estimate of drug-likeness (QED) is 0.131. The molecule has 0 amide bonds. The Hall–Kier alpha value is -0.530. The van der Waals surface area contributed by atoms with Gasteiger partial charge in [-0.05, 0) is 26.2 Å². The van der Waals surface area contributed by atoms with Gasteiger partial charge in [0.05, 0.1) is 12.0 Å². The van der Waals surface area contributed by atoms with Crippen molar-refractivity contribution in [3.8, 4) is 0 Å². The fraction of sp³-hybridized carbons (Fsp3) is 0.963. The topological polar surface area (TPSA) is 26.3 Å². The molecule has 0 aliphatic rings. The van der Waals surface area contributed by atoms with E-state index in [0.29, 0.717) is 6.61 Å². The fourth-order valence-corrected chi connectivity index (χ4v) is 4.14. The predicted molar refractivity (Wildman–Crippen MR) is 128 cm³/mol. The zero-order valence-corrected chi connectivity index (χ0v) is 20.7. The van der Waals surface area contributed by atoms with Crippen LogP contribution in [0.15, 0.2) is 0 Å². The number of unbranched alkanes of at least 4 members (excludes halogenated alkanes) is 15. The van der Waals surface area contributed by atoms with Crippen LogP contribution >= 0.6 is 0 Å². The molecule has 1 atom stereocenters. The molecule has 0 aliphatic heterocycles. The van der Waals surface area contributed by atoms with Crippen LogP contribution in [0, 0.1) is 5.41 Å². The molecule has 0 rings (SSSR count). The predicted octanol–water partition coefficient (Wildman–Crippen LogP) is 9.40. The number of carbonyl (C=O) groups is 1. The fourth-order valence-electron chi connectivity index (χ4n) is 4.14. The van der Waals surface area contributed by atoms with Crippen LogP contribution in [0.3, 0.4) is 0 Å². The number of ether oxygens (including phenoxy) is 1. The Balaban J connectivity index is 4.09. The molecule has 1 unspecified atom stereocenters. The summed E-state index contributed by atoms with van der Waals surface area (Å²) in [7, 11) is 0. The summed E-state index contributed by atoms with van der Waals surface area (Å²) >= 11 is 0. The zero-order chi connectivity index (χ0) is 21.6. The summed E-state index contributed by atoms with van der Waals surface area (Å²) in [6.07, 6.45) is 25.0. The largest absolute Gasteiger partial charge is 0.465 e. The highest BCUT2D eigenvalue weighted by atomic mass is 16.5. The molecule has 2 nitrogen and oxygen atoms in total. The highest BCUT2D eigenvalue weighted by molar-refractivity contribution is 5.76. The Bertz CT molecular complexity index is 352. The molecule has 0 aromatic rings. The van der Waals surface area contributed by atoms with E-state index in [-0.39, 0.29) is 11.4 Å². The maximum absolute atomic E-state index is 12.8. The summed E-state index contributed by atoms with van der Waals surface area (Å²) < 4.78 is 5.75. The number of carbonyl (C=O) groups excluding carboxylic acids is 1. The second kappa shape index (κ2) is 20.7. The number of rotatable bonds is 22. The van der Waals surface area contributed by atoms with Crippen LogP contribution in [0.1, 0.15) is 156 Å². The van der Waals surface area contributed by atoms with Crippen molar-refractivity contribution in [3.05, 3.63) is 0 Å². The van der Waals surface area contributed by atoms with Gasteiger partial charge in [0.2, 0.25) is 0 Å². The van der Waals surface area contributed by atoms with Gasteiger partial charge in [-0.3, -0.25) is 4.79 Å². The molecule has 174 valence electrons. The van der Waals surface area contributed by atoms with E-state index >= 15 is 0 Å². The van der Waals surface area contributed by atoms with Crippen molar-refractivity contribution in [1.82, 2.24) is 0 Å². The van der Waals surface area contributed by atoms with E-state index in [1.54, 1.807) is 0 Å². The van der Waals surface area contributed by atoms with E-state index in [0.717, 1.165) is 25.7 Å². The van der Waals surface area contributed by atoms with Gasteiger partial charge in [-0.2, -0.15) is 0 Å². The van der Waals surface area contributed by atoms with Crippen LogP contribution in [0.5, 0.6) is 0 Å². The molecule has 29 heavy (non-hydrogen) atoms. The van der Waals surface area contributed by atoms with Gasteiger partial charge in [0.25, 0.3) is 0 Å². The maximum Gasteiger partial charge on any atom is 0.311 e. The summed E-state index contributed by atoms with van der Waals surface area (Å²) in [5.74, 6) is 0.0718. The number of hydrogen-bond acceptors (Lipinski definition) is 2. The molecular formula is C27H54O2. The van der Waals surface area contributed by atoms with Crippen LogP contribution < -0.4 is 0 Å². The lowest BCUT2D eigenvalue weighted by Gasteiger charge is -2.27. The van der Waals surface area contributed by atoms with Crippen molar-refractivity contribution in [3.63, 3.8) is 0 Å². The first-order valence-electron chi connectivity index (χ1n) is 13.3. The smallest absolute Gasteiger partial charge is 0.311 e. The first kappa shape index (κ1) is 28.5. The standard InChI is InChI=1S/C27H54O2/c1-5-8-11-13-15-16-18-21-24-27(4,23-20-10-7-3)26(28)29-25-22-19-17-14-12-9-6-2/h5-25H2,1-4H3. The minimum absolute atomic E-state index is 0.0718. The molecule has 0 saturated heterocycles. The summed E-state index contributed by atoms with van der Waals surface area (Å²) in [6, 6.07) is 0. The number of esters is 1. The molecule has 0 N–H and O–H groups in total. The van der Waals surface area contributed by atoms with E-state index in [9.17, 15) is 4.79 Å². The molecular weight excluding hydrogens is 356 g/mol. The van der Waals surface area contributed by atoms with E-state index in [4.69, 9.17) is 4.74 Å². The average molecular weight is 411 g/mol. The van der Waals surface area contributed by atoms with Crippen LogP contribution in [0.2, 0.25) is 0 Å². The summed E-state index contributed by atoms with van der Waals surface area (Å²) in [5.41, 5.74) is -0.265. The van der Waals surface area contributed by atoms with Crippen LogP contribution in [-0.4, -0.2) is 12.6 Å². The molecule has 2 heteroatoms. The minimum atomic E-state index is -0.265. The molecule has 0 aromatic carbocycles. The average Bonchev–Trinajstić information content (AvgIpc) is 2.72. The third-order valence-corrected chi connectivity index (χ3v) is 6.39. The minimum Gasteiger partial charge on any atom is -0.465 e. The molecule has 0 aromatic heterocycles. The lowest BCUT2D eigenvalue weighted by atomic mass is 9.79. The van der Waals surface area contributed by atoms with Crippen molar-refractivity contribution in [2.75, 3.05) is 6.61 Å². The Labute approximate surface area is 184 Å². The Morgan fingerprint density at radius 2 is 0.897 bits per heavy atom. The van der Waals surface area contributed by atoms with Gasteiger partial charge in [0.15, 0.2) is 0 Å². The normalized spacial score (nSPS) is 13.4. The van der Waals surface area contributed by atoms with Gasteiger partial charge in [0.1, 0.15) is 0 Å². The maximum atomic E-state index is 12.8. The molecule has 0 bridgehead atoms. The Kier molecular flexibility index (Phi) is 20.4. The Morgan fingerprint density at radius 3 is 1.38 bits per heavy atom. The van der Waals surface area contributed by atoms with Crippen molar-refractivity contribution in [1.29, 1.82) is 0 Å². The lowest BCUT2D eigenvalue weighted by Crippen LogP contribution is -2.30. The Morgan fingerprint density at radius 1 is 0.552 bits per heavy atom. The summed E-state index contributed by atoms with van der Waals surface area (Å²) in [6.45, 7) is 9.54. The van der Waals surface area contributed by atoms with Gasteiger partial charge in [-0.15, -0.1) is 0 Å². The SMILES string of the molecule is CCCCCCCCCCC(C)(CCCCC)C(=O)OCCCCCCCCC. The van der Waals surface area contributed by atoms with Gasteiger partial charge in [-0.1, -0.05) is 130 Å². The van der Waals surface area contributed by atoms with Crippen molar-refractivity contribution < 1.29 is 9.53 Å². The summed E-state index contributed by atoms with van der Waals surface area (Å²) in [4.78, 5) is 12.8. The zero-order valence-electron chi connectivity index (χ0n) is 20.7. The number of hydrogen-bond donors (Lipinski definition) is 0. The summed E-state index contributed by atoms with van der Waals surface area (Å²) in [5, 5.41) is 0. The van der Waals surface area contributed by atoms with Gasteiger partial charge >= 0.3 is 5.97 Å². The third kappa shape index (κ3) is 16.9. The molecule has 0 aliphatic carbocycles. The molecule has 0 spiro atoms. The first-order chi connectivity index (χ1) is 14.1. The third-order valence-electron chi connectivity index (χ3n) is 6.39.